The predicted molar refractivity (Wildman–Crippen MR) is 307 cm³/mol. The van der Waals surface area contributed by atoms with Gasteiger partial charge < -0.3 is 4.74 Å². The lowest BCUT2D eigenvalue weighted by molar-refractivity contribution is -0.570. The smallest absolute Gasteiger partial charge is 0.269 e. The van der Waals surface area contributed by atoms with Crippen molar-refractivity contribution in [3.8, 4) is 95.5 Å². The highest BCUT2D eigenvalue weighted by Gasteiger charge is 2.27. The first kappa shape index (κ1) is 44.1. The summed E-state index contributed by atoms with van der Waals surface area (Å²) in [6.07, 6.45) is 5.92. The van der Waals surface area contributed by atoms with E-state index in [1.54, 1.807) is 0 Å². The molecule has 10 aromatic carbocycles. The van der Waals surface area contributed by atoms with Gasteiger partial charge in [-0.3, -0.25) is 13.7 Å². The highest BCUT2D eigenvalue weighted by atomic mass is 16.5. The van der Waals surface area contributed by atoms with Crippen molar-refractivity contribution in [2.75, 3.05) is 0 Å². The number of rotatable bonds is 7. The summed E-state index contributed by atoms with van der Waals surface area (Å²) in [4.78, 5) is 4.92. The number of para-hydroxylation sites is 3. The van der Waals surface area contributed by atoms with Crippen molar-refractivity contribution in [1.29, 1.82) is 0 Å². The minimum atomic E-state index is -0.0305. The van der Waals surface area contributed by atoms with Crippen LogP contribution in [-0.4, -0.2) is 14.1 Å². The fraction of sp³-hybridized carbons (Fsp3) is 0.0571. The van der Waals surface area contributed by atoms with Gasteiger partial charge in [-0.1, -0.05) is 191 Å². The molecule has 0 saturated carbocycles. The van der Waals surface area contributed by atoms with E-state index in [2.05, 4.69) is 277 Å². The lowest BCUT2D eigenvalue weighted by atomic mass is 9.87. The van der Waals surface area contributed by atoms with Crippen molar-refractivity contribution < 1.29 is 9.30 Å². The molecule has 5 heteroatoms. The maximum Gasteiger partial charge on any atom is 0.269 e. The Morgan fingerprint density at radius 2 is 0.960 bits per heavy atom. The molecule has 3 aromatic heterocycles. The molecule has 0 radical (unpaired) electrons. The number of nitrogens with zero attached hydrogens (tertiary/aromatic N) is 4. The van der Waals surface area contributed by atoms with E-state index in [0.717, 1.165) is 94.9 Å². The molecule has 0 atom stereocenters. The number of fused-ring (bicyclic) bond motifs is 10. The third-order valence-electron chi connectivity index (χ3n) is 14.9. The van der Waals surface area contributed by atoms with Crippen molar-refractivity contribution >= 4 is 32.8 Å². The summed E-state index contributed by atoms with van der Waals surface area (Å²) < 4.78 is 13.7. The fourth-order valence-electron chi connectivity index (χ4n) is 11.3. The second kappa shape index (κ2) is 17.6. The number of hydrogen-bond acceptors (Lipinski definition) is 2. The number of benzene rings is 10. The molecule has 1 aliphatic heterocycles. The monoisotopic (exact) mass is 962 g/mol. The van der Waals surface area contributed by atoms with Crippen molar-refractivity contribution in [3.05, 3.63) is 261 Å². The number of hydrogen-bond donors (Lipinski definition) is 0. The van der Waals surface area contributed by atoms with Gasteiger partial charge in [0, 0.05) is 23.0 Å². The molecule has 13 aromatic rings. The van der Waals surface area contributed by atoms with Crippen LogP contribution in [-0.2, 0) is 5.41 Å². The number of imidazole rings is 1. The van der Waals surface area contributed by atoms with E-state index in [1.165, 1.54) is 33.2 Å². The highest BCUT2D eigenvalue weighted by molar-refractivity contribution is 6.09. The largest absolute Gasteiger partial charge is 0.458 e. The second-order valence-electron chi connectivity index (χ2n) is 20.6. The van der Waals surface area contributed by atoms with Crippen molar-refractivity contribution in [2.45, 2.75) is 26.2 Å². The third kappa shape index (κ3) is 7.54. The Balaban J connectivity index is 0.966. The molecule has 356 valence electrons. The van der Waals surface area contributed by atoms with Crippen LogP contribution in [0.3, 0.4) is 0 Å². The quantitative estimate of drug-likeness (QED) is 0.118. The van der Waals surface area contributed by atoms with Crippen LogP contribution in [0.2, 0.25) is 0 Å². The second-order valence-corrected chi connectivity index (χ2v) is 20.6. The molecular formula is C70H50N4O. The number of ether oxygens (including phenoxy) is 1. The molecule has 1 aliphatic rings. The lowest BCUT2D eigenvalue weighted by Gasteiger charge is -2.20. The van der Waals surface area contributed by atoms with Gasteiger partial charge in [0.1, 0.15) is 17.3 Å². The van der Waals surface area contributed by atoms with Crippen LogP contribution in [0.4, 0.5) is 0 Å². The van der Waals surface area contributed by atoms with E-state index >= 15 is 0 Å². The van der Waals surface area contributed by atoms with Gasteiger partial charge >= 0.3 is 0 Å². The van der Waals surface area contributed by atoms with E-state index in [9.17, 15) is 0 Å². The van der Waals surface area contributed by atoms with Crippen LogP contribution >= 0.6 is 0 Å². The topological polar surface area (TPSA) is 35.9 Å². The first-order valence-electron chi connectivity index (χ1n) is 25.7. The summed E-state index contributed by atoms with van der Waals surface area (Å²) in [5, 5.41) is 2.31. The Labute approximate surface area is 436 Å². The molecule has 0 aliphatic carbocycles. The van der Waals surface area contributed by atoms with Gasteiger partial charge in [0.05, 0.1) is 33.4 Å². The predicted octanol–water partition coefficient (Wildman–Crippen LogP) is 17.6. The van der Waals surface area contributed by atoms with E-state index in [0.29, 0.717) is 5.75 Å². The summed E-state index contributed by atoms with van der Waals surface area (Å²) in [5.41, 5.74) is 21.2. The minimum Gasteiger partial charge on any atom is -0.458 e. The van der Waals surface area contributed by atoms with E-state index in [-0.39, 0.29) is 5.41 Å². The molecule has 0 spiro atoms. The Morgan fingerprint density at radius 1 is 0.413 bits per heavy atom. The van der Waals surface area contributed by atoms with Crippen LogP contribution in [0.15, 0.2) is 249 Å². The first-order valence-corrected chi connectivity index (χ1v) is 25.7. The van der Waals surface area contributed by atoms with Crippen molar-refractivity contribution in [2.24, 2.45) is 0 Å². The molecule has 0 amide bonds. The van der Waals surface area contributed by atoms with Gasteiger partial charge in [-0.25, -0.2) is 4.98 Å². The van der Waals surface area contributed by atoms with Crippen LogP contribution in [0, 0.1) is 6.33 Å². The third-order valence-corrected chi connectivity index (χ3v) is 14.9. The molecule has 75 heavy (non-hydrogen) atoms. The van der Waals surface area contributed by atoms with Gasteiger partial charge in [-0.05, 0) is 144 Å². The Hall–Kier alpha value is -9.58. The summed E-state index contributed by atoms with van der Waals surface area (Å²) in [5.74, 6) is 2.33. The van der Waals surface area contributed by atoms with Crippen LogP contribution in [0.25, 0.3) is 117 Å². The van der Waals surface area contributed by atoms with Gasteiger partial charge in [0.15, 0.2) is 0 Å². The molecule has 4 heterocycles. The lowest BCUT2D eigenvalue weighted by Crippen LogP contribution is -2.32. The summed E-state index contributed by atoms with van der Waals surface area (Å²) in [6, 6.07) is 87.2. The zero-order valence-corrected chi connectivity index (χ0v) is 41.9. The molecule has 0 bridgehead atoms. The number of pyridine rings is 1. The Morgan fingerprint density at radius 3 is 1.68 bits per heavy atom. The standard InChI is InChI=1S/C70H50N4O/c1-70(2,3)51-37-38-71-67(42-51)74-64-33-15-14-29-60(64)61-36-35-54(44-66(61)74)75-53-24-16-23-52(43-53)72-45-73-68-55(50-40-48(46-19-6-4-7-20-46)39-49(41-50)47-21-8-5-9-22-47)30-17-31-62(68)58-27-12-10-25-56(58)57-26-11-13-28-59(57)63-32-18-34-65(72)69(63)73/h4-44H,1-3H3. The van der Waals surface area contributed by atoms with Crippen LogP contribution in [0.5, 0.6) is 11.5 Å². The van der Waals surface area contributed by atoms with Crippen LogP contribution < -0.4 is 9.30 Å². The Bertz CT molecular complexity index is 4310. The minimum absolute atomic E-state index is 0.0305. The van der Waals surface area contributed by atoms with E-state index in [1.807, 2.05) is 12.3 Å². The summed E-state index contributed by atoms with van der Waals surface area (Å²) in [7, 11) is 0. The zero-order valence-electron chi connectivity index (χ0n) is 41.9. The van der Waals surface area contributed by atoms with E-state index in [4.69, 9.17) is 9.72 Å². The first-order chi connectivity index (χ1) is 36.8. The fourth-order valence-corrected chi connectivity index (χ4v) is 11.3. The summed E-state index contributed by atoms with van der Waals surface area (Å²) >= 11 is 0. The molecule has 0 N–H and O–H groups in total. The molecule has 0 fully saturated rings. The maximum absolute atomic E-state index is 6.90. The molecular weight excluding hydrogens is 913 g/mol. The van der Waals surface area contributed by atoms with Gasteiger partial charge in [0.2, 0.25) is 0 Å². The molecule has 0 unspecified atom stereocenters. The molecule has 5 nitrogen and oxygen atoms in total. The molecule has 14 rings (SSSR count). The maximum atomic E-state index is 6.90. The average Bonchev–Trinajstić information content (AvgIpc) is 4.02. The number of aromatic nitrogens is 4. The van der Waals surface area contributed by atoms with Gasteiger partial charge in [0.25, 0.3) is 6.33 Å². The molecule has 0 saturated heterocycles. The van der Waals surface area contributed by atoms with Crippen molar-refractivity contribution in [1.82, 2.24) is 14.1 Å². The van der Waals surface area contributed by atoms with Crippen LogP contribution in [0.1, 0.15) is 26.3 Å². The van der Waals surface area contributed by atoms with Gasteiger partial charge in [-0.15, -0.1) is 0 Å². The normalized spacial score (nSPS) is 11.9. The zero-order chi connectivity index (χ0) is 50.2. The van der Waals surface area contributed by atoms with Gasteiger partial charge in [-0.2, -0.15) is 0 Å². The SMILES string of the molecule is CC(C)(C)c1ccnc(-n2c3ccccc3c3ccc(Oc4cccc(-n5[c-][n+]6c7c(cccc75)-c5ccccc5-c5ccccc5-c5cccc(-c7cc(-c8ccccc8)cc(-c8ccccc8)c7)c5-6)c4)cc32)c1. The highest BCUT2D eigenvalue weighted by Crippen LogP contribution is 2.46. The van der Waals surface area contributed by atoms with Crippen molar-refractivity contribution in [3.63, 3.8) is 0 Å². The average molecular weight is 963 g/mol. The van der Waals surface area contributed by atoms with E-state index < -0.39 is 0 Å². The Kier molecular flexibility index (Phi) is 10.3. The summed E-state index contributed by atoms with van der Waals surface area (Å²) in [6.45, 7) is 6.72.